The first kappa shape index (κ1) is 20.0. The van der Waals surface area contributed by atoms with Crippen molar-refractivity contribution in [3.63, 3.8) is 0 Å². The molecule has 0 aliphatic carbocycles. The Hall–Kier alpha value is -2.35. The average Bonchev–Trinajstić information content (AvgIpc) is 2.91. The predicted octanol–water partition coefficient (Wildman–Crippen LogP) is 3.55. The highest BCUT2D eigenvalue weighted by atomic mass is 19.4. The Morgan fingerprint density at radius 2 is 2.00 bits per heavy atom. The molecule has 142 valence electrons. The number of hydrogen-bond donors (Lipinski definition) is 1. The lowest BCUT2D eigenvalue weighted by Gasteiger charge is -2.17. The SMILES string of the molecule is CCC(OC)C(=O)NCc1ccc(-n2nc(C)cc2C)cc1C(F)(F)F. The number of benzene rings is 1. The third-order valence-electron chi connectivity index (χ3n) is 4.05. The van der Waals surface area contributed by atoms with Crippen molar-refractivity contribution in [3.05, 3.63) is 46.8 Å². The second kappa shape index (κ2) is 7.90. The molecule has 1 amide bonds. The molecule has 0 fully saturated rings. The van der Waals surface area contributed by atoms with E-state index in [0.29, 0.717) is 12.1 Å². The van der Waals surface area contributed by atoms with Crippen LogP contribution in [0.1, 0.15) is 35.9 Å². The molecule has 1 atom stereocenters. The number of nitrogens with zero attached hydrogens (tertiary/aromatic N) is 2. The molecule has 0 aliphatic rings. The quantitative estimate of drug-likeness (QED) is 0.847. The van der Waals surface area contributed by atoms with Crippen molar-refractivity contribution in [2.75, 3.05) is 7.11 Å². The van der Waals surface area contributed by atoms with Crippen LogP contribution in [0.3, 0.4) is 0 Å². The Balaban J connectivity index is 2.32. The van der Waals surface area contributed by atoms with Crippen LogP contribution in [-0.2, 0) is 22.3 Å². The Morgan fingerprint density at radius 1 is 1.31 bits per heavy atom. The Morgan fingerprint density at radius 3 is 2.50 bits per heavy atom. The molecule has 0 bridgehead atoms. The zero-order valence-corrected chi connectivity index (χ0v) is 15.1. The number of carbonyl (C=O) groups excluding carboxylic acids is 1. The van der Waals surface area contributed by atoms with Crippen LogP contribution >= 0.6 is 0 Å². The minimum Gasteiger partial charge on any atom is -0.372 e. The van der Waals surface area contributed by atoms with Gasteiger partial charge in [-0.05, 0) is 44.0 Å². The highest BCUT2D eigenvalue weighted by Crippen LogP contribution is 2.33. The number of aryl methyl sites for hydroxylation is 2. The van der Waals surface area contributed by atoms with Crippen molar-refractivity contribution in [1.29, 1.82) is 0 Å². The number of rotatable bonds is 6. The lowest BCUT2D eigenvalue weighted by atomic mass is 10.1. The summed E-state index contributed by atoms with van der Waals surface area (Å²) >= 11 is 0. The minimum absolute atomic E-state index is 0.0120. The minimum atomic E-state index is -4.54. The van der Waals surface area contributed by atoms with Crippen LogP contribution in [0.2, 0.25) is 0 Å². The molecule has 5 nitrogen and oxygen atoms in total. The number of amides is 1. The van der Waals surface area contributed by atoms with Crippen molar-refractivity contribution >= 4 is 5.91 Å². The lowest BCUT2D eigenvalue weighted by molar-refractivity contribution is -0.139. The highest BCUT2D eigenvalue weighted by molar-refractivity contribution is 5.80. The predicted molar refractivity (Wildman–Crippen MR) is 91.0 cm³/mol. The Kier molecular flexibility index (Phi) is 6.07. The van der Waals surface area contributed by atoms with E-state index in [0.717, 1.165) is 17.5 Å². The maximum absolute atomic E-state index is 13.5. The summed E-state index contributed by atoms with van der Waals surface area (Å²) in [5, 5.41) is 6.72. The summed E-state index contributed by atoms with van der Waals surface area (Å²) in [4.78, 5) is 11.9. The molecule has 0 spiro atoms. The van der Waals surface area contributed by atoms with Crippen molar-refractivity contribution in [3.8, 4) is 5.69 Å². The molecule has 0 saturated heterocycles. The van der Waals surface area contributed by atoms with Gasteiger partial charge in [-0.3, -0.25) is 4.79 Å². The van der Waals surface area contributed by atoms with Gasteiger partial charge in [0.05, 0.1) is 16.9 Å². The zero-order valence-electron chi connectivity index (χ0n) is 15.1. The summed E-state index contributed by atoms with van der Waals surface area (Å²) in [5.41, 5.74) is 0.969. The van der Waals surface area contributed by atoms with E-state index in [-0.39, 0.29) is 12.1 Å². The van der Waals surface area contributed by atoms with Gasteiger partial charge in [-0.1, -0.05) is 13.0 Å². The van der Waals surface area contributed by atoms with Gasteiger partial charge in [0.25, 0.3) is 0 Å². The molecule has 1 heterocycles. The summed E-state index contributed by atoms with van der Waals surface area (Å²) in [7, 11) is 1.39. The first-order chi connectivity index (χ1) is 12.2. The first-order valence-electron chi connectivity index (χ1n) is 8.21. The Bertz CT molecular complexity index is 780. The summed E-state index contributed by atoms with van der Waals surface area (Å²) in [6, 6.07) is 5.76. The van der Waals surface area contributed by atoms with Gasteiger partial charge in [-0.15, -0.1) is 0 Å². The Labute approximate surface area is 150 Å². The number of aromatic nitrogens is 2. The van der Waals surface area contributed by atoms with Gasteiger partial charge in [0.15, 0.2) is 0 Å². The monoisotopic (exact) mass is 369 g/mol. The van der Waals surface area contributed by atoms with Gasteiger partial charge in [0, 0.05) is 19.3 Å². The van der Waals surface area contributed by atoms with Crippen LogP contribution in [0.4, 0.5) is 13.2 Å². The summed E-state index contributed by atoms with van der Waals surface area (Å²) < 4.78 is 47.0. The lowest BCUT2D eigenvalue weighted by Crippen LogP contribution is -2.35. The first-order valence-corrected chi connectivity index (χ1v) is 8.21. The molecular formula is C18H22F3N3O2. The van der Waals surface area contributed by atoms with Gasteiger partial charge >= 0.3 is 6.18 Å². The molecule has 0 aliphatic heterocycles. The summed E-state index contributed by atoms with van der Waals surface area (Å²) in [6.07, 6.45) is -4.79. The van der Waals surface area contributed by atoms with E-state index in [1.807, 2.05) is 0 Å². The van der Waals surface area contributed by atoms with Crippen LogP contribution in [0, 0.1) is 13.8 Å². The number of alkyl halides is 3. The molecule has 2 aromatic rings. The number of methoxy groups -OCH3 is 1. The van der Waals surface area contributed by atoms with E-state index in [9.17, 15) is 18.0 Å². The van der Waals surface area contributed by atoms with E-state index < -0.39 is 23.8 Å². The second-order valence-corrected chi connectivity index (χ2v) is 6.03. The van der Waals surface area contributed by atoms with Crippen molar-refractivity contribution in [2.45, 2.75) is 46.0 Å². The zero-order chi connectivity index (χ0) is 19.5. The van der Waals surface area contributed by atoms with Gasteiger partial charge in [0.1, 0.15) is 6.10 Å². The van der Waals surface area contributed by atoms with Crippen LogP contribution in [0.5, 0.6) is 0 Å². The number of hydrogen-bond acceptors (Lipinski definition) is 3. The van der Waals surface area contributed by atoms with Gasteiger partial charge in [0.2, 0.25) is 5.91 Å². The number of ether oxygens (including phenoxy) is 1. The summed E-state index contributed by atoms with van der Waals surface area (Å²) in [5.74, 6) is -0.439. The topological polar surface area (TPSA) is 56.1 Å². The van der Waals surface area contributed by atoms with E-state index in [2.05, 4.69) is 10.4 Å². The maximum Gasteiger partial charge on any atom is 0.416 e. The molecule has 2 rings (SSSR count). The van der Waals surface area contributed by atoms with Crippen molar-refractivity contribution < 1.29 is 22.7 Å². The van der Waals surface area contributed by atoms with Crippen LogP contribution in [0.25, 0.3) is 5.69 Å². The molecule has 1 aromatic heterocycles. The van der Waals surface area contributed by atoms with E-state index in [1.165, 1.54) is 17.9 Å². The molecule has 1 unspecified atom stereocenters. The number of nitrogens with one attached hydrogen (secondary N) is 1. The third-order valence-corrected chi connectivity index (χ3v) is 4.05. The smallest absolute Gasteiger partial charge is 0.372 e. The van der Waals surface area contributed by atoms with Crippen molar-refractivity contribution in [2.24, 2.45) is 0 Å². The van der Waals surface area contributed by atoms with Crippen LogP contribution in [-0.4, -0.2) is 28.9 Å². The van der Waals surface area contributed by atoms with Gasteiger partial charge in [-0.2, -0.15) is 18.3 Å². The number of halogens is 3. The molecule has 8 heteroatoms. The fraction of sp³-hybridized carbons (Fsp3) is 0.444. The van der Waals surface area contributed by atoms with Crippen molar-refractivity contribution in [1.82, 2.24) is 15.1 Å². The normalized spacial score (nSPS) is 12.9. The fourth-order valence-corrected chi connectivity index (χ4v) is 2.76. The van der Waals surface area contributed by atoms with E-state index in [4.69, 9.17) is 4.74 Å². The molecule has 0 saturated carbocycles. The standard InChI is InChI=1S/C18H22F3N3O2/c1-5-16(26-4)17(25)22-10-13-6-7-14(9-15(13)18(19,20)21)24-12(3)8-11(2)23-24/h6-9,16H,5,10H2,1-4H3,(H,22,25). The molecule has 1 N–H and O–H groups in total. The van der Waals surface area contributed by atoms with Gasteiger partial charge < -0.3 is 10.1 Å². The maximum atomic E-state index is 13.5. The average molecular weight is 369 g/mol. The largest absolute Gasteiger partial charge is 0.416 e. The van der Waals surface area contributed by atoms with Crippen LogP contribution < -0.4 is 5.32 Å². The van der Waals surface area contributed by atoms with E-state index in [1.54, 1.807) is 32.9 Å². The van der Waals surface area contributed by atoms with E-state index >= 15 is 0 Å². The van der Waals surface area contributed by atoms with Crippen LogP contribution in [0.15, 0.2) is 24.3 Å². The second-order valence-electron chi connectivity index (χ2n) is 6.03. The molecule has 26 heavy (non-hydrogen) atoms. The number of carbonyl (C=O) groups is 1. The molecule has 0 radical (unpaired) electrons. The highest BCUT2D eigenvalue weighted by Gasteiger charge is 2.34. The summed E-state index contributed by atoms with van der Waals surface area (Å²) in [6.45, 7) is 5.08. The third kappa shape index (κ3) is 4.43. The molecular weight excluding hydrogens is 347 g/mol. The fourth-order valence-electron chi connectivity index (χ4n) is 2.76. The molecule has 1 aromatic carbocycles. The van der Waals surface area contributed by atoms with Gasteiger partial charge in [-0.25, -0.2) is 4.68 Å².